The van der Waals surface area contributed by atoms with Crippen molar-refractivity contribution in [1.82, 2.24) is 24.3 Å². The molecule has 6 rings (SSSR count). The van der Waals surface area contributed by atoms with Gasteiger partial charge < -0.3 is 9.12 Å². The molecule has 0 spiro atoms. The Labute approximate surface area is 178 Å². The van der Waals surface area contributed by atoms with Gasteiger partial charge in [0, 0.05) is 30.0 Å². The maximum Gasteiger partial charge on any atom is 0.258 e. The van der Waals surface area contributed by atoms with Gasteiger partial charge in [-0.3, -0.25) is 4.79 Å². The van der Waals surface area contributed by atoms with Crippen molar-refractivity contribution in [1.29, 1.82) is 0 Å². The standard InChI is InChI=1S/C22H27N5O2S/c1-21(2,3)30(29)24-19(18-13-27(25-23-18)22-10-14(11-22)12-22)16-6-5-7-17-15(16)8-9-26(4)20(17)28/h5-9,13-14,19,24H,10-12H2,1-4H3/t14?,19-,22?,30+/m0/s1. The van der Waals surface area contributed by atoms with E-state index in [1.165, 1.54) is 19.3 Å². The van der Waals surface area contributed by atoms with Crippen molar-refractivity contribution < 1.29 is 4.55 Å². The number of aryl methyl sites for hydroxylation is 1. The van der Waals surface area contributed by atoms with Crippen LogP contribution in [0.3, 0.4) is 0 Å². The molecule has 0 amide bonds. The van der Waals surface area contributed by atoms with Gasteiger partial charge in [0.15, 0.2) is 0 Å². The normalized spacial score (nSPS) is 24.9. The van der Waals surface area contributed by atoms with Gasteiger partial charge in [-0.05, 0) is 69.0 Å². The smallest absolute Gasteiger partial charge is 0.258 e. The first-order valence-corrected chi connectivity index (χ1v) is 11.5. The van der Waals surface area contributed by atoms with Crippen LogP contribution in [0.15, 0.2) is 41.5 Å². The molecule has 30 heavy (non-hydrogen) atoms. The minimum atomic E-state index is -1.32. The van der Waals surface area contributed by atoms with Crippen LogP contribution in [-0.2, 0) is 23.9 Å². The Morgan fingerprint density at radius 1 is 1.23 bits per heavy atom. The molecule has 0 aliphatic heterocycles. The summed E-state index contributed by atoms with van der Waals surface area (Å²) in [5.74, 6) is 0.842. The van der Waals surface area contributed by atoms with Gasteiger partial charge in [-0.1, -0.05) is 17.3 Å². The first-order chi connectivity index (χ1) is 14.2. The van der Waals surface area contributed by atoms with E-state index in [0.717, 1.165) is 22.6 Å². The second-order valence-corrected chi connectivity index (χ2v) is 11.8. The molecule has 3 aliphatic rings. The molecular formula is C22H27N5O2S. The van der Waals surface area contributed by atoms with Crippen molar-refractivity contribution >= 4 is 22.1 Å². The van der Waals surface area contributed by atoms with Crippen LogP contribution in [-0.4, -0.2) is 28.9 Å². The molecule has 3 fully saturated rings. The first kappa shape index (κ1) is 19.8. The van der Waals surface area contributed by atoms with E-state index in [2.05, 4.69) is 15.0 Å². The summed E-state index contributed by atoms with van der Waals surface area (Å²) in [6.07, 6.45) is 7.28. The molecule has 1 aromatic carbocycles. The summed E-state index contributed by atoms with van der Waals surface area (Å²) in [7, 11) is 1.74. The number of aromatic nitrogens is 4. The van der Waals surface area contributed by atoms with Gasteiger partial charge in [-0.25, -0.2) is 4.68 Å². The zero-order valence-corrected chi connectivity index (χ0v) is 18.6. The van der Waals surface area contributed by atoms with Gasteiger partial charge >= 0.3 is 0 Å². The minimum absolute atomic E-state index is 0.0532. The maximum atomic E-state index is 13.0. The molecule has 7 nitrogen and oxygen atoms in total. The van der Waals surface area contributed by atoms with Gasteiger partial charge in [-0.2, -0.15) is 0 Å². The molecule has 0 saturated heterocycles. The summed E-state index contributed by atoms with van der Waals surface area (Å²) in [6, 6.07) is 7.18. The monoisotopic (exact) mass is 425 g/mol. The van der Waals surface area contributed by atoms with E-state index in [-0.39, 0.29) is 11.1 Å². The largest absolute Gasteiger partial charge is 0.598 e. The predicted octanol–water partition coefficient (Wildman–Crippen LogP) is 2.78. The maximum absolute atomic E-state index is 13.0. The van der Waals surface area contributed by atoms with E-state index in [0.29, 0.717) is 5.39 Å². The van der Waals surface area contributed by atoms with E-state index in [9.17, 15) is 9.35 Å². The Balaban J connectivity index is 1.61. The van der Waals surface area contributed by atoms with Gasteiger partial charge in [0.2, 0.25) is 0 Å². The molecule has 3 saturated carbocycles. The highest BCUT2D eigenvalue weighted by Crippen LogP contribution is 2.61. The van der Waals surface area contributed by atoms with E-state index in [1.54, 1.807) is 17.8 Å². The van der Waals surface area contributed by atoms with Crippen LogP contribution in [0.4, 0.5) is 0 Å². The summed E-state index contributed by atoms with van der Waals surface area (Å²) in [5, 5.41) is 10.4. The van der Waals surface area contributed by atoms with E-state index < -0.39 is 22.2 Å². The van der Waals surface area contributed by atoms with Crippen LogP contribution in [0.5, 0.6) is 0 Å². The Bertz CT molecular complexity index is 1160. The third-order valence-electron chi connectivity index (χ3n) is 6.55. The number of rotatable bonds is 5. The zero-order valence-electron chi connectivity index (χ0n) is 17.8. The molecule has 1 N–H and O–H groups in total. The third-order valence-corrected chi connectivity index (χ3v) is 8.11. The molecule has 158 valence electrons. The summed E-state index contributed by atoms with van der Waals surface area (Å²) < 4.78 is 19.4. The molecule has 2 bridgehead atoms. The lowest BCUT2D eigenvalue weighted by Crippen LogP contribution is -2.59. The number of pyridine rings is 1. The lowest BCUT2D eigenvalue weighted by Gasteiger charge is -2.61. The van der Waals surface area contributed by atoms with Crippen LogP contribution in [0.1, 0.15) is 57.3 Å². The fourth-order valence-electron chi connectivity index (χ4n) is 4.57. The van der Waals surface area contributed by atoms with Crippen molar-refractivity contribution in [3.8, 4) is 0 Å². The molecule has 0 radical (unpaired) electrons. The molecule has 2 aromatic heterocycles. The minimum Gasteiger partial charge on any atom is -0.598 e. The third kappa shape index (κ3) is 3.01. The molecule has 0 unspecified atom stereocenters. The van der Waals surface area contributed by atoms with Crippen LogP contribution in [0.2, 0.25) is 0 Å². The van der Waals surface area contributed by atoms with Crippen molar-refractivity contribution in [3.05, 3.63) is 58.3 Å². The quantitative estimate of drug-likeness (QED) is 0.635. The highest BCUT2D eigenvalue weighted by atomic mass is 32.2. The Morgan fingerprint density at radius 2 is 1.97 bits per heavy atom. The van der Waals surface area contributed by atoms with Crippen LogP contribution >= 0.6 is 0 Å². The highest BCUT2D eigenvalue weighted by Gasteiger charge is 2.59. The molecular weight excluding hydrogens is 398 g/mol. The van der Waals surface area contributed by atoms with E-state index in [4.69, 9.17) is 0 Å². The Morgan fingerprint density at radius 3 is 2.60 bits per heavy atom. The van der Waals surface area contributed by atoms with Crippen LogP contribution in [0, 0.1) is 5.92 Å². The predicted molar refractivity (Wildman–Crippen MR) is 117 cm³/mol. The molecule has 2 heterocycles. The fraction of sp³-hybridized carbons (Fsp3) is 0.500. The average molecular weight is 426 g/mol. The molecule has 3 aromatic rings. The van der Waals surface area contributed by atoms with Gasteiger partial charge in [0.25, 0.3) is 5.56 Å². The fourth-order valence-corrected chi connectivity index (χ4v) is 5.39. The highest BCUT2D eigenvalue weighted by molar-refractivity contribution is 7.90. The van der Waals surface area contributed by atoms with Crippen LogP contribution in [0.25, 0.3) is 10.8 Å². The van der Waals surface area contributed by atoms with Gasteiger partial charge in [-0.15, -0.1) is 9.82 Å². The first-order valence-electron chi connectivity index (χ1n) is 10.4. The molecule has 3 aliphatic carbocycles. The summed E-state index contributed by atoms with van der Waals surface area (Å²) >= 11 is -1.32. The lowest BCUT2D eigenvalue weighted by molar-refractivity contribution is -0.0989. The van der Waals surface area contributed by atoms with Crippen molar-refractivity contribution in [2.75, 3.05) is 0 Å². The number of benzene rings is 1. The average Bonchev–Trinajstić information content (AvgIpc) is 3.08. The summed E-state index contributed by atoms with van der Waals surface area (Å²) in [4.78, 5) is 12.7. The van der Waals surface area contributed by atoms with Crippen molar-refractivity contribution in [2.45, 2.75) is 56.4 Å². The zero-order chi connectivity index (χ0) is 21.3. The second kappa shape index (κ2) is 6.67. The second-order valence-electron chi connectivity index (χ2n) is 9.76. The summed E-state index contributed by atoms with van der Waals surface area (Å²) in [6.45, 7) is 5.81. The van der Waals surface area contributed by atoms with Crippen LogP contribution < -0.4 is 10.3 Å². The molecule has 8 heteroatoms. The number of nitrogens with zero attached hydrogens (tertiary/aromatic N) is 4. The topological polar surface area (TPSA) is 87.8 Å². The Kier molecular flexibility index (Phi) is 4.40. The van der Waals surface area contributed by atoms with E-state index in [1.807, 2.05) is 55.9 Å². The van der Waals surface area contributed by atoms with Crippen molar-refractivity contribution in [3.63, 3.8) is 0 Å². The van der Waals surface area contributed by atoms with Gasteiger partial charge in [0.1, 0.15) is 16.5 Å². The SMILES string of the molecule is Cn1ccc2c([C@H](N[S@+]([O-])C(C)(C)C)c3cn(C45CC(C4)C5)nn3)cccc2c1=O. The van der Waals surface area contributed by atoms with Crippen molar-refractivity contribution in [2.24, 2.45) is 13.0 Å². The number of fused-ring (bicyclic) bond motifs is 1. The summed E-state index contributed by atoms with van der Waals surface area (Å²) in [5.41, 5.74) is 1.69. The van der Waals surface area contributed by atoms with E-state index >= 15 is 0 Å². The van der Waals surface area contributed by atoms with Gasteiger partial charge in [0.05, 0.1) is 11.7 Å². The number of nitrogens with one attached hydrogen (secondary N) is 1. The Hall–Kier alpha value is -2.16. The number of hydrogen-bond acceptors (Lipinski definition) is 5. The molecule has 2 atom stereocenters. The lowest BCUT2D eigenvalue weighted by atomic mass is 9.50. The number of hydrogen-bond donors (Lipinski definition) is 1.